The van der Waals surface area contributed by atoms with Gasteiger partial charge in [-0.1, -0.05) is 93.6 Å². The molecule has 0 amide bonds. The molecule has 0 aliphatic heterocycles. The third-order valence-electron chi connectivity index (χ3n) is 4.39. The van der Waals surface area contributed by atoms with E-state index in [2.05, 4.69) is 45.0 Å². The third-order valence-corrected chi connectivity index (χ3v) is 8.00. The minimum absolute atomic E-state index is 0.333. The summed E-state index contributed by atoms with van der Waals surface area (Å²) in [5, 5.41) is 2.89. The first-order valence-corrected chi connectivity index (χ1v) is 10.0. The van der Waals surface area contributed by atoms with E-state index in [0.717, 1.165) is 16.3 Å². The highest BCUT2D eigenvalue weighted by atomic mass is 31.2. The molecule has 3 aromatic carbocycles. The lowest BCUT2D eigenvalue weighted by molar-refractivity contribution is 0.563. The predicted octanol–water partition coefficient (Wildman–Crippen LogP) is 6.30. The maximum Gasteiger partial charge on any atom is 0.141 e. The summed E-state index contributed by atoms with van der Waals surface area (Å²) < 4.78 is 14.0. The van der Waals surface area contributed by atoms with E-state index in [1.807, 2.05) is 60.4 Å². The second-order valence-electron chi connectivity index (χ2n) is 7.09. The Morgan fingerprint density at radius 2 is 1.42 bits per heavy atom. The second-order valence-corrected chi connectivity index (χ2v) is 10.6. The Morgan fingerprint density at radius 1 is 0.792 bits per heavy atom. The predicted molar refractivity (Wildman–Crippen MR) is 106 cm³/mol. The Balaban J connectivity index is 2.11. The minimum Gasteiger partial charge on any atom is -0.314 e. The summed E-state index contributed by atoms with van der Waals surface area (Å²) in [5.74, 6) is 1.92. The Hall–Kier alpha value is -2.11. The van der Waals surface area contributed by atoms with Gasteiger partial charge in [-0.3, -0.25) is 0 Å². The van der Waals surface area contributed by atoms with Crippen LogP contribution in [0.25, 0.3) is 16.8 Å². The van der Waals surface area contributed by atoms with Gasteiger partial charge < -0.3 is 4.57 Å². The van der Waals surface area contributed by atoms with Crippen LogP contribution in [0.15, 0.2) is 78.6 Å². The van der Waals surface area contributed by atoms with E-state index < -0.39 is 7.14 Å². The van der Waals surface area contributed by atoms with Crippen LogP contribution in [0.4, 0.5) is 0 Å². The number of rotatable bonds is 3. The topological polar surface area (TPSA) is 17.1 Å². The van der Waals surface area contributed by atoms with Crippen LogP contribution in [0.2, 0.25) is 0 Å². The standard InChI is InChI=1S/C22H23OP/c1-22(2,3)24(23,16-15-18-9-5-4-6-10-18)21-14-13-19-11-7-8-12-20(19)17-21/h4-17H,1-3H3/b16-15+/t24-/m0/s1. The van der Waals surface area contributed by atoms with E-state index in [4.69, 9.17) is 0 Å². The van der Waals surface area contributed by atoms with Crippen molar-refractivity contribution in [3.05, 3.63) is 84.2 Å². The number of hydrogen-bond donors (Lipinski definition) is 0. The fourth-order valence-electron chi connectivity index (χ4n) is 2.84. The van der Waals surface area contributed by atoms with Gasteiger partial charge in [-0.2, -0.15) is 0 Å². The molecule has 2 heteroatoms. The first-order valence-electron chi connectivity index (χ1n) is 8.24. The molecular formula is C22H23OP. The molecule has 0 heterocycles. The molecule has 0 radical (unpaired) electrons. The molecule has 0 fully saturated rings. The van der Waals surface area contributed by atoms with Gasteiger partial charge in [0, 0.05) is 10.5 Å². The Bertz CT molecular complexity index is 917. The summed E-state index contributed by atoms with van der Waals surface area (Å²) in [6, 6.07) is 24.4. The van der Waals surface area contributed by atoms with Crippen molar-refractivity contribution in [2.45, 2.75) is 25.9 Å². The highest BCUT2D eigenvalue weighted by Crippen LogP contribution is 2.58. The molecule has 1 nitrogen and oxygen atoms in total. The molecule has 0 saturated heterocycles. The highest BCUT2D eigenvalue weighted by Gasteiger charge is 2.35. The Labute approximate surface area is 144 Å². The molecular weight excluding hydrogens is 311 g/mol. The maximum atomic E-state index is 14.0. The monoisotopic (exact) mass is 334 g/mol. The lowest BCUT2D eigenvalue weighted by Crippen LogP contribution is -2.21. The van der Waals surface area contributed by atoms with Crippen LogP contribution in [-0.2, 0) is 4.57 Å². The van der Waals surface area contributed by atoms with Gasteiger partial charge in [-0.15, -0.1) is 0 Å². The minimum atomic E-state index is -2.71. The van der Waals surface area contributed by atoms with Gasteiger partial charge >= 0.3 is 0 Å². The molecule has 0 spiro atoms. The summed E-state index contributed by atoms with van der Waals surface area (Å²) in [6.45, 7) is 6.16. The molecule has 0 unspecified atom stereocenters. The summed E-state index contributed by atoms with van der Waals surface area (Å²) in [7, 11) is -2.71. The van der Waals surface area contributed by atoms with Crippen molar-refractivity contribution < 1.29 is 4.57 Å². The van der Waals surface area contributed by atoms with Gasteiger partial charge in [0.1, 0.15) is 7.14 Å². The van der Waals surface area contributed by atoms with Crippen LogP contribution in [0.1, 0.15) is 26.3 Å². The van der Waals surface area contributed by atoms with Crippen molar-refractivity contribution >= 4 is 29.3 Å². The summed E-state index contributed by atoms with van der Waals surface area (Å²) in [5.41, 5.74) is 1.07. The Morgan fingerprint density at radius 3 is 2.08 bits per heavy atom. The van der Waals surface area contributed by atoms with Crippen LogP contribution < -0.4 is 5.30 Å². The smallest absolute Gasteiger partial charge is 0.141 e. The average molecular weight is 334 g/mol. The molecule has 1 atom stereocenters. The molecule has 0 saturated carbocycles. The van der Waals surface area contributed by atoms with Crippen molar-refractivity contribution in [2.24, 2.45) is 0 Å². The van der Waals surface area contributed by atoms with Gasteiger partial charge in [0.05, 0.1) is 0 Å². The molecule has 122 valence electrons. The first kappa shape index (κ1) is 16.7. The SMILES string of the molecule is CC(C)(C)[P@](=O)(/C=C/c1ccccc1)c1ccc2ccccc2c1. The normalized spacial score (nSPS) is 14.8. The quantitative estimate of drug-likeness (QED) is 0.514. The lowest BCUT2D eigenvalue weighted by atomic mass is 10.1. The average Bonchev–Trinajstić information content (AvgIpc) is 2.59. The van der Waals surface area contributed by atoms with Crippen molar-refractivity contribution in [1.82, 2.24) is 0 Å². The number of fused-ring (bicyclic) bond motifs is 1. The van der Waals surface area contributed by atoms with E-state index in [9.17, 15) is 4.57 Å². The zero-order valence-corrected chi connectivity index (χ0v) is 15.3. The van der Waals surface area contributed by atoms with Crippen molar-refractivity contribution in [2.75, 3.05) is 0 Å². The fourth-order valence-corrected chi connectivity index (χ4v) is 5.24. The zero-order valence-electron chi connectivity index (χ0n) is 14.4. The molecule has 24 heavy (non-hydrogen) atoms. The van der Waals surface area contributed by atoms with E-state index in [-0.39, 0.29) is 5.16 Å². The zero-order chi connectivity index (χ0) is 17.2. The van der Waals surface area contributed by atoms with E-state index in [0.29, 0.717) is 0 Å². The van der Waals surface area contributed by atoms with Crippen LogP contribution in [0.5, 0.6) is 0 Å². The van der Waals surface area contributed by atoms with Crippen molar-refractivity contribution in [3.63, 3.8) is 0 Å². The molecule has 3 rings (SSSR count). The third kappa shape index (κ3) is 3.23. The molecule has 0 aliphatic rings. The van der Waals surface area contributed by atoms with Gasteiger partial charge in [0.15, 0.2) is 0 Å². The van der Waals surface area contributed by atoms with E-state index >= 15 is 0 Å². The maximum absolute atomic E-state index is 14.0. The summed E-state index contributed by atoms with van der Waals surface area (Å²) in [6.07, 6.45) is 1.99. The molecule has 3 aromatic rings. The first-order chi connectivity index (χ1) is 11.4. The van der Waals surface area contributed by atoms with Crippen LogP contribution in [0, 0.1) is 0 Å². The molecule has 0 aromatic heterocycles. The van der Waals surface area contributed by atoms with Crippen LogP contribution >= 0.6 is 7.14 Å². The van der Waals surface area contributed by atoms with Crippen molar-refractivity contribution in [3.8, 4) is 0 Å². The lowest BCUT2D eigenvalue weighted by Gasteiger charge is -2.29. The summed E-state index contributed by atoms with van der Waals surface area (Å²) >= 11 is 0. The van der Waals surface area contributed by atoms with Gasteiger partial charge in [-0.05, 0) is 28.2 Å². The van der Waals surface area contributed by atoms with E-state index in [1.165, 1.54) is 5.39 Å². The van der Waals surface area contributed by atoms with Crippen molar-refractivity contribution in [1.29, 1.82) is 0 Å². The summed E-state index contributed by atoms with van der Waals surface area (Å²) in [4.78, 5) is 0. The fraction of sp³-hybridized carbons (Fsp3) is 0.182. The highest BCUT2D eigenvalue weighted by molar-refractivity contribution is 7.76. The largest absolute Gasteiger partial charge is 0.314 e. The van der Waals surface area contributed by atoms with Crippen LogP contribution in [-0.4, -0.2) is 5.16 Å². The Kier molecular flexibility index (Phi) is 4.47. The van der Waals surface area contributed by atoms with Gasteiger partial charge in [0.2, 0.25) is 0 Å². The number of benzene rings is 3. The van der Waals surface area contributed by atoms with Crippen LogP contribution in [0.3, 0.4) is 0 Å². The van der Waals surface area contributed by atoms with E-state index in [1.54, 1.807) is 0 Å². The molecule has 0 aliphatic carbocycles. The number of hydrogen-bond acceptors (Lipinski definition) is 1. The van der Waals surface area contributed by atoms with Gasteiger partial charge in [0.25, 0.3) is 0 Å². The molecule has 0 N–H and O–H groups in total. The molecule has 0 bridgehead atoms. The van der Waals surface area contributed by atoms with Gasteiger partial charge in [-0.25, -0.2) is 0 Å². The second kappa shape index (κ2) is 6.42.